The Labute approximate surface area is 158 Å². The largest absolute Gasteiger partial charge is 0.461 e. The fourth-order valence-corrected chi connectivity index (χ4v) is 3.46. The number of fused-ring (bicyclic) bond motifs is 1. The second-order valence-electron chi connectivity index (χ2n) is 5.37. The molecule has 0 radical (unpaired) electrons. The molecule has 0 aliphatic carbocycles. The van der Waals surface area contributed by atoms with Crippen molar-refractivity contribution in [2.75, 3.05) is 6.61 Å². The minimum absolute atomic E-state index is 0.249. The second kappa shape index (κ2) is 6.86. The first kappa shape index (κ1) is 16.7. The third kappa shape index (κ3) is 2.95. The summed E-state index contributed by atoms with van der Waals surface area (Å²) in [4.78, 5) is 20.6. The highest BCUT2D eigenvalue weighted by atomic mass is 35.5. The molecular weight excluding hydrogens is 372 g/mol. The zero-order valence-electron chi connectivity index (χ0n) is 13.7. The Morgan fingerprint density at radius 1 is 1.19 bits per heavy atom. The van der Waals surface area contributed by atoms with E-state index in [1.54, 1.807) is 23.1 Å². The fourth-order valence-electron chi connectivity index (χ4n) is 2.58. The van der Waals surface area contributed by atoms with Gasteiger partial charge in [0.2, 0.25) is 5.13 Å². The van der Waals surface area contributed by atoms with E-state index in [4.69, 9.17) is 16.3 Å². The lowest BCUT2D eigenvalue weighted by Crippen LogP contribution is -2.06. The van der Waals surface area contributed by atoms with Crippen LogP contribution in [-0.2, 0) is 4.74 Å². The summed E-state index contributed by atoms with van der Waals surface area (Å²) in [6.07, 6.45) is 0. The van der Waals surface area contributed by atoms with Crippen LogP contribution in [0.1, 0.15) is 17.4 Å². The molecule has 0 bridgehead atoms. The van der Waals surface area contributed by atoms with Crippen LogP contribution in [0.15, 0.2) is 47.8 Å². The topological polar surface area (TPSA) is 69.9 Å². The molecule has 130 valence electrons. The van der Waals surface area contributed by atoms with Gasteiger partial charge in [0.1, 0.15) is 10.8 Å². The number of hydrogen-bond acceptors (Lipinski definition) is 6. The van der Waals surface area contributed by atoms with E-state index in [1.165, 1.54) is 11.3 Å². The number of esters is 1. The zero-order valence-corrected chi connectivity index (χ0v) is 15.3. The number of aromatic nitrogens is 4. The van der Waals surface area contributed by atoms with Crippen molar-refractivity contribution in [3.63, 3.8) is 0 Å². The number of carbonyl (C=O) groups excluding carboxylic acids is 1. The number of nitrogens with zero attached hydrogens (tertiary/aromatic N) is 4. The van der Waals surface area contributed by atoms with Crippen molar-refractivity contribution in [1.29, 1.82) is 0 Å². The van der Waals surface area contributed by atoms with Crippen LogP contribution in [0.2, 0.25) is 5.15 Å². The van der Waals surface area contributed by atoms with Gasteiger partial charge in [0, 0.05) is 16.3 Å². The Bertz CT molecular complexity index is 1090. The highest BCUT2D eigenvalue weighted by Gasteiger charge is 2.19. The van der Waals surface area contributed by atoms with Crippen LogP contribution in [0, 0.1) is 0 Å². The van der Waals surface area contributed by atoms with Crippen molar-refractivity contribution >= 4 is 39.9 Å². The average Bonchev–Trinajstić information content (AvgIpc) is 3.27. The summed E-state index contributed by atoms with van der Waals surface area (Å²) < 4.78 is 6.61. The number of benzene rings is 1. The summed E-state index contributed by atoms with van der Waals surface area (Å²) in [6.45, 7) is 2.05. The molecule has 0 N–H and O–H groups in total. The van der Waals surface area contributed by atoms with Crippen molar-refractivity contribution in [3.05, 3.63) is 58.7 Å². The standard InChI is InChI=1S/C18H13ClN4O2S/c1-2-25-17(24)13-10-26-18(20-13)23-16-12(8-9-14(19)21-16)15(22-23)11-6-4-3-5-7-11/h3-10H,2H2,1H3. The first-order valence-electron chi connectivity index (χ1n) is 7.91. The predicted octanol–water partition coefficient (Wildman–Crippen LogP) is 4.37. The zero-order chi connectivity index (χ0) is 18.1. The summed E-state index contributed by atoms with van der Waals surface area (Å²) in [6, 6.07) is 13.4. The Kier molecular flexibility index (Phi) is 4.40. The van der Waals surface area contributed by atoms with E-state index < -0.39 is 5.97 Å². The summed E-state index contributed by atoms with van der Waals surface area (Å²) in [5, 5.41) is 8.07. The van der Waals surface area contributed by atoms with E-state index >= 15 is 0 Å². The van der Waals surface area contributed by atoms with Gasteiger partial charge in [-0.25, -0.2) is 14.8 Å². The Balaban J connectivity index is 1.88. The molecule has 3 heterocycles. The van der Waals surface area contributed by atoms with Gasteiger partial charge in [-0.3, -0.25) is 0 Å². The van der Waals surface area contributed by atoms with Gasteiger partial charge in [-0.2, -0.15) is 9.78 Å². The van der Waals surface area contributed by atoms with Crippen molar-refractivity contribution < 1.29 is 9.53 Å². The van der Waals surface area contributed by atoms with Gasteiger partial charge in [-0.15, -0.1) is 11.3 Å². The van der Waals surface area contributed by atoms with Crippen LogP contribution < -0.4 is 0 Å². The first-order valence-corrected chi connectivity index (χ1v) is 9.17. The van der Waals surface area contributed by atoms with Gasteiger partial charge in [0.25, 0.3) is 0 Å². The van der Waals surface area contributed by atoms with E-state index in [9.17, 15) is 4.79 Å². The van der Waals surface area contributed by atoms with E-state index in [0.717, 1.165) is 16.6 Å². The van der Waals surface area contributed by atoms with Crippen molar-refractivity contribution in [1.82, 2.24) is 19.7 Å². The molecule has 1 aromatic carbocycles. The molecular formula is C18H13ClN4O2S. The lowest BCUT2D eigenvalue weighted by atomic mass is 10.1. The smallest absolute Gasteiger partial charge is 0.357 e. The normalized spacial score (nSPS) is 11.0. The molecule has 0 aliphatic rings. The fraction of sp³-hybridized carbons (Fsp3) is 0.111. The van der Waals surface area contributed by atoms with Crippen molar-refractivity contribution in [3.8, 4) is 16.4 Å². The van der Waals surface area contributed by atoms with Crippen LogP contribution in [0.25, 0.3) is 27.4 Å². The van der Waals surface area contributed by atoms with Crippen molar-refractivity contribution in [2.24, 2.45) is 0 Å². The molecule has 0 unspecified atom stereocenters. The average molecular weight is 385 g/mol. The van der Waals surface area contributed by atoms with Gasteiger partial charge in [-0.05, 0) is 19.1 Å². The number of carbonyl (C=O) groups is 1. The van der Waals surface area contributed by atoms with E-state index in [0.29, 0.717) is 22.5 Å². The first-order chi connectivity index (χ1) is 12.7. The molecule has 26 heavy (non-hydrogen) atoms. The Morgan fingerprint density at radius 3 is 2.77 bits per heavy atom. The molecule has 4 rings (SSSR count). The van der Waals surface area contributed by atoms with Gasteiger partial charge >= 0.3 is 5.97 Å². The molecule has 4 aromatic rings. The molecule has 0 aliphatic heterocycles. The lowest BCUT2D eigenvalue weighted by molar-refractivity contribution is 0.0520. The highest BCUT2D eigenvalue weighted by molar-refractivity contribution is 7.12. The summed E-state index contributed by atoms with van der Waals surface area (Å²) in [5.41, 5.74) is 2.57. The van der Waals surface area contributed by atoms with Gasteiger partial charge < -0.3 is 4.74 Å². The van der Waals surface area contributed by atoms with Crippen LogP contribution >= 0.6 is 22.9 Å². The van der Waals surface area contributed by atoms with E-state index in [1.807, 2.05) is 36.4 Å². The minimum atomic E-state index is -0.458. The van der Waals surface area contributed by atoms with Crippen LogP contribution in [0.4, 0.5) is 0 Å². The number of thiazole rings is 1. The van der Waals surface area contributed by atoms with E-state index in [2.05, 4.69) is 15.1 Å². The molecule has 6 nitrogen and oxygen atoms in total. The number of pyridine rings is 1. The third-order valence-corrected chi connectivity index (χ3v) is 4.73. The third-order valence-electron chi connectivity index (χ3n) is 3.70. The summed E-state index contributed by atoms with van der Waals surface area (Å²) in [5.74, 6) is -0.458. The van der Waals surface area contributed by atoms with Gasteiger partial charge in [0.15, 0.2) is 11.3 Å². The predicted molar refractivity (Wildman–Crippen MR) is 101 cm³/mol. The molecule has 0 spiro atoms. The van der Waals surface area contributed by atoms with E-state index in [-0.39, 0.29) is 5.69 Å². The molecule has 3 aromatic heterocycles. The van der Waals surface area contributed by atoms with Crippen molar-refractivity contribution in [2.45, 2.75) is 6.92 Å². The summed E-state index contributed by atoms with van der Waals surface area (Å²) in [7, 11) is 0. The molecule has 0 saturated heterocycles. The Hall–Kier alpha value is -2.77. The molecule has 0 fully saturated rings. The number of hydrogen-bond donors (Lipinski definition) is 0. The van der Waals surface area contributed by atoms with Gasteiger partial charge in [0.05, 0.1) is 6.61 Å². The highest BCUT2D eigenvalue weighted by Crippen LogP contribution is 2.30. The van der Waals surface area contributed by atoms with Crippen LogP contribution in [0.5, 0.6) is 0 Å². The van der Waals surface area contributed by atoms with Crippen LogP contribution in [0.3, 0.4) is 0 Å². The monoisotopic (exact) mass is 384 g/mol. The number of rotatable bonds is 4. The molecule has 0 saturated carbocycles. The maximum Gasteiger partial charge on any atom is 0.357 e. The molecule has 0 atom stereocenters. The lowest BCUT2D eigenvalue weighted by Gasteiger charge is -1.98. The number of ether oxygens (including phenoxy) is 1. The maximum atomic E-state index is 11.9. The quantitative estimate of drug-likeness (QED) is 0.386. The van der Waals surface area contributed by atoms with Crippen LogP contribution in [-0.4, -0.2) is 32.3 Å². The molecule has 0 amide bonds. The molecule has 8 heteroatoms. The second-order valence-corrected chi connectivity index (χ2v) is 6.59. The minimum Gasteiger partial charge on any atom is -0.461 e. The Morgan fingerprint density at radius 2 is 2.00 bits per heavy atom. The number of halogens is 1. The SMILES string of the molecule is CCOC(=O)c1csc(-n2nc(-c3ccccc3)c3ccc(Cl)nc32)n1. The summed E-state index contributed by atoms with van der Waals surface area (Å²) >= 11 is 7.38. The maximum absolute atomic E-state index is 11.9. The van der Waals surface area contributed by atoms with Gasteiger partial charge in [-0.1, -0.05) is 41.9 Å².